The van der Waals surface area contributed by atoms with E-state index in [1.807, 2.05) is 30.3 Å². The summed E-state index contributed by atoms with van der Waals surface area (Å²) >= 11 is 0. The van der Waals surface area contributed by atoms with Crippen LogP contribution in [0.5, 0.6) is 11.5 Å². The normalized spacial score (nSPS) is 15.1. The molecule has 0 radical (unpaired) electrons. The van der Waals surface area contributed by atoms with Gasteiger partial charge in [-0.25, -0.2) is 4.79 Å². The number of carbonyl (C=O) groups is 3. The number of imide groups is 2. The minimum absolute atomic E-state index is 0.0693. The molecule has 0 bridgehead atoms. The number of rotatable bonds is 8. The maximum absolute atomic E-state index is 12.7. The summed E-state index contributed by atoms with van der Waals surface area (Å²) in [6.45, 7) is 0.685. The van der Waals surface area contributed by atoms with E-state index >= 15 is 0 Å². The number of nitrogens with zero attached hydrogens (tertiary/aromatic N) is 1. The molecule has 32 heavy (non-hydrogen) atoms. The lowest BCUT2D eigenvalue weighted by Crippen LogP contribution is -2.53. The molecular formula is C24H20N2O6. The molecule has 0 unspecified atom stereocenters. The van der Waals surface area contributed by atoms with Gasteiger partial charge in [-0.1, -0.05) is 30.3 Å². The number of nitrogens with one attached hydrogen (secondary N) is 1. The number of hydrogen-bond acceptors (Lipinski definition) is 6. The van der Waals surface area contributed by atoms with Crippen molar-refractivity contribution in [1.82, 2.24) is 10.2 Å². The Bertz CT molecular complexity index is 1120. The summed E-state index contributed by atoms with van der Waals surface area (Å²) in [5.41, 5.74) is 0.477. The molecule has 8 heteroatoms. The standard InChI is InChI=1S/C24H20N2O6/c27-22-21(23(28)26(24(29)25-22)16-20-7-4-12-30-20)15-17-8-10-19(11-9-17)32-14-13-31-18-5-2-1-3-6-18/h1-12,15H,13-14,16H2,(H,25,27,29). The van der Waals surface area contributed by atoms with E-state index in [4.69, 9.17) is 13.9 Å². The number of urea groups is 1. The quantitative estimate of drug-likeness (QED) is 0.333. The van der Waals surface area contributed by atoms with E-state index in [0.717, 1.165) is 10.6 Å². The van der Waals surface area contributed by atoms with Crippen LogP contribution < -0.4 is 14.8 Å². The average Bonchev–Trinajstić information content (AvgIpc) is 3.32. The number of amides is 4. The van der Waals surface area contributed by atoms with E-state index in [2.05, 4.69) is 5.32 Å². The SMILES string of the molecule is O=C1NC(=O)N(Cc2ccco2)C(=O)C1=Cc1ccc(OCCOc2ccccc2)cc1. The summed E-state index contributed by atoms with van der Waals surface area (Å²) in [5, 5.41) is 2.18. The van der Waals surface area contributed by atoms with Crippen molar-refractivity contribution >= 4 is 23.9 Å². The zero-order valence-electron chi connectivity index (χ0n) is 17.0. The highest BCUT2D eigenvalue weighted by molar-refractivity contribution is 6.30. The van der Waals surface area contributed by atoms with Crippen molar-refractivity contribution in [2.75, 3.05) is 13.2 Å². The second kappa shape index (κ2) is 9.65. The molecule has 1 aromatic heterocycles. The molecule has 1 aliphatic rings. The van der Waals surface area contributed by atoms with Crippen molar-refractivity contribution in [3.05, 3.63) is 89.9 Å². The van der Waals surface area contributed by atoms with Crippen LogP contribution in [0.1, 0.15) is 11.3 Å². The van der Waals surface area contributed by atoms with Crippen molar-refractivity contribution in [2.24, 2.45) is 0 Å². The molecule has 2 heterocycles. The van der Waals surface area contributed by atoms with E-state index < -0.39 is 17.8 Å². The van der Waals surface area contributed by atoms with Gasteiger partial charge in [0.15, 0.2) is 0 Å². The molecule has 4 amide bonds. The molecule has 0 aliphatic carbocycles. The topological polar surface area (TPSA) is 98.1 Å². The van der Waals surface area contributed by atoms with Gasteiger partial charge in [0.25, 0.3) is 11.8 Å². The van der Waals surface area contributed by atoms with Gasteiger partial charge in [0.2, 0.25) is 0 Å². The molecule has 1 saturated heterocycles. The van der Waals surface area contributed by atoms with Gasteiger partial charge in [-0.3, -0.25) is 19.8 Å². The Hall–Kier alpha value is -4.33. The summed E-state index contributed by atoms with van der Waals surface area (Å²) in [7, 11) is 0. The fourth-order valence-electron chi connectivity index (χ4n) is 3.06. The highest BCUT2D eigenvalue weighted by atomic mass is 16.5. The van der Waals surface area contributed by atoms with Crippen LogP contribution in [0.25, 0.3) is 6.08 Å². The van der Waals surface area contributed by atoms with Crippen LogP contribution in [0.3, 0.4) is 0 Å². The van der Waals surface area contributed by atoms with Crippen molar-refractivity contribution in [3.8, 4) is 11.5 Å². The Labute approximate surface area is 184 Å². The van der Waals surface area contributed by atoms with Crippen LogP contribution in [0.2, 0.25) is 0 Å². The van der Waals surface area contributed by atoms with Crippen LogP contribution in [0, 0.1) is 0 Å². The van der Waals surface area contributed by atoms with E-state index in [1.54, 1.807) is 36.4 Å². The number of furan rings is 1. The van der Waals surface area contributed by atoms with Gasteiger partial charge < -0.3 is 13.9 Å². The number of ether oxygens (including phenoxy) is 2. The van der Waals surface area contributed by atoms with Crippen LogP contribution in [-0.2, 0) is 16.1 Å². The predicted molar refractivity (Wildman–Crippen MR) is 115 cm³/mol. The van der Waals surface area contributed by atoms with Crippen LogP contribution >= 0.6 is 0 Å². The first-order valence-corrected chi connectivity index (χ1v) is 9.92. The van der Waals surface area contributed by atoms with Gasteiger partial charge in [0.1, 0.15) is 36.0 Å². The maximum atomic E-state index is 12.7. The second-order valence-corrected chi connectivity index (χ2v) is 6.87. The fraction of sp³-hybridized carbons (Fsp3) is 0.125. The van der Waals surface area contributed by atoms with Gasteiger partial charge in [0.05, 0.1) is 12.8 Å². The minimum Gasteiger partial charge on any atom is -0.490 e. The number of hydrogen-bond donors (Lipinski definition) is 1. The smallest absolute Gasteiger partial charge is 0.331 e. The first-order chi connectivity index (χ1) is 15.6. The lowest BCUT2D eigenvalue weighted by Gasteiger charge is -2.25. The molecule has 1 fully saturated rings. The maximum Gasteiger partial charge on any atom is 0.331 e. The van der Waals surface area contributed by atoms with Gasteiger partial charge in [-0.15, -0.1) is 0 Å². The third-order valence-electron chi connectivity index (χ3n) is 4.63. The van der Waals surface area contributed by atoms with Gasteiger partial charge in [0, 0.05) is 0 Å². The third-order valence-corrected chi connectivity index (χ3v) is 4.63. The first kappa shape index (κ1) is 20.9. The number of barbiturate groups is 1. The highest BCUT2D eigenvalue weighted by Crippen LogP contribution is 2.19. The molecule has 3 aromatic rings. The van der Waals surface area contributed by atoms with E-state index in [0.29, 0.717) is 30.3 Å². The van der Waals surface area contributed by atoms with Gasteiger partial charge in [-0.2, -0.15) is 0 Å². The highest BCUT2D eigenvalue weighted by Gasteiger charge is 2.36. The number of carbonyl (C=O) groups excluding carboxylic acids is 3. The molecule has 0 saturated carbocycles. The van der Waals surface area contributed by atoms with E-state index in [9.17, 15) is 14.4 Å². The monoisotopic (exact) mass is 432 g/mol. The fourth-order valence-corrected chi connectivity index (χ4v) is 3.06. The predicted octanol–water partition coefficient (Wildman–Crippen LogP) is 3.40. The van der Waals surface area contributed by atoms with Crippen molar-refractivity contribution in [3.63, 3.8) is 0 Å². The Morgan fingerprint density at radius 3 is 2.19 bits per heavy atom. The molecule has 0 atom stereocenters. The van der Waals surface area contributed by atoms with Gasteiger partial charge in [-0.05, 0) is 48.0 Å². The lowest BCUT2D eigenvalue weighted by atomic mass is 10.1. The Balaban J connectivity index is 1.37. The average molecular weight is 432 g/mol. The second-order valence-electron chi connectivity index (χ2n) is 6.87. The van der Waals surface area contributed by atoms with Gasteiger partial charge >= 0.3 is 6.03 Å². The Morgan fingerprint density at radius 1 is 0.844 bits per heavy atom. The molecule has 1 N–H and O–H groups in total. The first-order valence-electron chi connectivity index (χ1n) is 9.92. The number of benzene rings is 2. The molecule has 162 valence electrons. The van der Waals surface area contributed by atoms with Crippen molar-refractivity contribution < 1.29 is 28.3 Å². The summed E-state index contributed by atoms with van der Waals surface area (Å²) in [4.78, 5) is 38.0. The minimum atomic E-state index is -0.782. The molecule has 2 aromatic carbocycles. The zero-order valence-corrected chi connectivity index (χ0v) is 17.0. The summed E-state index contributed by atoms with van der Waals surface area (Å²) in [5.74, 6) is 0.397. The summed E-state index contributed by atoms with van der Waals surface area (Å²) in [6, 6.07) is 18.8. The van der Waals surface area contributed by atoms with E-state index in [-0.39, 0.29) is 12.1 Å². The molecule has 8 nitrogen and oxygen atoms in total. The molecule has 0 spiro atoms. The van der Waals surface area contributed by atoms with Crippen LogP contribution in [0.15, 0.2) is 83.0 Å². The zero-order chi connectivity index (χ0) is 22.3. The van der Waals surface area contributed by atoms with Crippen LogP contribution in [0.4, 0.5) is 4.79 Å². The van der Waals surface area contributed by atoms with Crippen molar-refractivity contribution in [2.45, 2.75) is 6.54 Å². The molecular weight excluding hydrogens is 412 g/mol. The third kappa shape index (κ3) is 5.04. The summed E-state index contributed by atoms with van der Waals surface area (Å²) in [6.07, 6.45) is 2.88. The summed E-state index contributed by atoms with van der Waals surface area (Å²) < 4.78 is 16.4. The molecule has 4 rings (SSSR count). The Kier molecular flexibility index (Phi) is 6.31. The largest absolute Gasteiger partial charge is 0.490 e. The lowest BCUT2D eigenvalue weighted by molar-refractivity contribution is -0.130. The van der Waals surface area contributed by atoms with E-state index in [1.165, 1.54) is 12.3 Å². The van der Waals surface area contributed by atoms with Crippen molar-refractivity contribution in [1.29, 1.82) is 0 Å². The number of para-hydroxylation sites is 1. The van der Waals surface area contributed by atoms with Crippen LogP contribution in [-0.4, -0.2) is 36.0 Å². The molecule has 1 aliphatic heterocycles. The Morgan fingerprint density at radius 2 is 1.53 bits per heavy atom.